The molecule has 0 radical (unpaired) electrons. The van der Waals surface area contributed by atoms with E-state index in [1.165, 1.54) is 0 Å². The molecule has 1 saturated heterocycles. The molecule has 6 nitrogen and oxygen atoms in total. The molecule has 0 saturated carbocycles. The van der Waals surface area contributed by atoms with E-state index in [4.69, 9.17) is 0 Å². The Morgan fingerprint density at radius 2 is 1.47 bits per heavy atom. The van der Waals surface area contributed by atoms with Gasteiger partial charge in [-0.25, -0.2) is 0 Å². The number of hydrogen-bond donors (Lipinski definition) is 1. The number of nitrogens with zero attached hydrogens (tertiary/aromatic N) is 3. The van der Waals surface area contributed by atoms with Crippen molar-refractivity contribution in [2.45, 2.75) is 53.7 Å². The van der Waals surface area contributed by atoms with Crippen LogP contribution in [0.4, 0.5) is 18.9 Å². The average molecular weight is 685 g/mol. The van der Waals surface area contributed by atoms with E-state index in [2.05, 4.69) is 27.2 Å². The molecule has 10 heteroatoms. The Kier molecular flexibility index (Phi) is 9.44. The van der Waals surface area contributed by atoms with Crippen molar-refractivity contribution in [3.8, 4) is 0 Å². The van der Waals surface area contributed by atoms with Crippen molar-refractivity contribution in [2.75, 3.05) is 44.2 Å². The van der Waals surface area contributed by atoms with Gasteiger partial charge in [0.25, 0.3) is 5.91 Å². The second-order valence-corrected chi connectivity index (χ2v) is 14.2. The third-order valence-corrected chi connectivity index (χ3v) is 11.1. The van der Waals surface area contributed by atoms with Crippen molar-refractivity contribution in [1.29, 1.82) is 0 Å². The lowest BCUT2D eigenvalue weighted by Crippen LogP contribution is -2.49. The molecule has 2 amide bonds. The predicted octanol–water partition coefficient (Wildman–Crippen LogP) is 7.26. The minimum absolute atomic E-state index is 0.0750. The number of nitrogens with one attached hydrogen (secondary N) is 1. The molecule has 49 heavy (non-hydrogen) atoms. The molecule has 3 aliphatic rings. The molecule has 0 spiro atoms. The van der Waals surface area contributed by atoms with Crippen molar-refractivity contribution in [1.82, 2.24) is 15.1 Å². The summed E-state index contributed by atoms with van der Waals surface area (Å²) in [5.74, 6) is -0.527. The van der Waals surface area contributed by atoms with Crippen LogP contribution in [0.5, 0.6) is 0 Å². The van der Waals surface area contributed by atoms with Gasteiger partial charge in [-0.3, -0.25) is 14.5 Å². The number of unbranched alkanes of at least 4 members (excludes halogenated alkanes) is 1. The highest BCUT2D eigenvalue weighted by Crippen LogP contribution is 2.51. The molecule has 4 aromatic carbocycles. The van der Waals surface area contributed by atoms with Crippen LogP contribution in [0.1, 0.15) is 51.9 Å². The van der Waals surface area contributed by atoms with E-state index >= 15 is 0 Å². The summed E-state index contributed by atoms with van der Waals surface area (Å²) in [5, 5.41) is 2.24. The van der Waals surface area contributed by atoms with Crippen LogP contribution in [0.3, 0.4) is 0 Å². The van der Waals surface area contributed by atoms with Crippen LogP contribution in [0.2, 0.25) is 0 Å². The summed E-state index contributed by atoms with van der Waals surface area (Å²) < 4.78 is 39.8. The number of rotatable bonds is 10. The molecule has 3 aliphatic heterocycles. The summed E-state index contributed by atoms with van der Waals surface area (Å²) in [5.41, 5.74) is 4.36. The molecule has 1 fully saturated rings. The van der Waals surface area contributed by atoms with E-state index in [1.807, 2.05) is 89.8 Å². The third kappa shape index (κ3) is 6.94. The van der Waals surface area contributed by atoms with Gasteiger partial charge < -0.3 is 15.1 Å². The number of piperazine rings is 1. The zero-order valence-corrected chi connectivity index (χ0v) is 28.0. The normalized spacial score (nSPS) is 17.0. The van der Waals surface area contributed by atoms with Crippen molar-refractivity contribution < 1.29 is 22.8 Å². The van der Waals surface area contributed by atoms with Gasteiger partial charge in [-0.15, -0.1) is 0 Å². The van der Waals surface area contributed by atoms with E-state index in [9.17, 15) is 22.8 Å². The van der Waals surface area contributed by atoms with E-state index in [1.54, 1.807) is 11.8 Å². The standard InChI is InChI=1S/C39H39F3N4O2S/c40-39(41,42)27-43-37(48)38(32-12-4-6-14-34(32)49-35-15-7-5-13-33(35)38)18-8-9-19-44-20-22-45(23-21-44)30-17-16-29-26-46(36(47)31(29)24-30)25-28-10-2-1-3-11-28/h1-7,10-17,24H,8-9,18-23,25-27H2,(H,43,48). The number of carbonyl (C=O) groups is 2. The van der Waals surface area contributed by atoms with Crippen molar-refractivity contribution in [3.05, 3.63) is 125 Å². The summed E-state index contributed by atoms with van der Waals surface area (Å²) in [7, 11) is 0. The minimum Gasteiger partial charge on any atom is -0.369 e. The van der Waals surface area contributed by atoms with Gasteiger partial charge >= 0.3 is 6.18 Å². The molecule has 3 heterocycles. The fraction of sp³-hybridized carbons (Fsp3) is 0.333. The Balaban J connectivity index is 0.977. The first-order valence-corrected chi connectivity index (χ1v) is 17.7. The van der Waals surface area contributed by atoms with Crippen LogP contribution in [0.15, 0.2) is 107 Å². The number of halogens is 3. The molecule has 4 aromatic rings. The Morgan fingerprint density at radius 3 is 2.14 bits per heavy atom. The lowest BCUT2D eigenvalue weighted by Gasteiger charge is -2.40. The van der Waals surface area contributed by atoms with Crippen LogP contribution in [0, 0.1) is 0 Å². The van der Waals surface area contributed by atoms with Gasteiger partial charge in [0.2, 0.25) is 5.91 Å². The molecule has 0 aromatic heterocycles. The molecule has 7 rings (SSSR count). The summed E-state index contributed by atoms with van der Waals surface area (Å²) in [6.07, 6.45) is -2.59. The topological polar surface area (TPSA) is 55.9 Å². The maximum absolute atomic E-state index is 13.9. The number of carbonyl (C=O) groups excluding carboxylic acids is 2. The Bertz CT molecular complexity index is 1780. The lowest BCUT2D eigenvalue weighted by molar-refractivity contribution is -0.141. The SMILES string of the molecule is O=C1c2cc(N3CCN(CCCCC4(C(=O)NCC(F)(F)F)c5ccccc5Sc5ccccc54)CC3)ccc2CN1Cc1ccccc1. The van der Waals surface area contributed by atoms with E-state index in [-0.39, 0.29) is 5.91 Å². The molecule has 1 N–H and O–H groups in total. The van der Waals surface area contributed by atoms with E-state index in [0.29, 0.717) is 25.9 Å². The van der Waals surface area contributed by atoms with Crippen LogP contribution < -0.4 is 10.2 Å². The second kappa shape index (κ2) is 13.9. The third-order valence-electron chi connectivity index (χ3n) is 9.95. The highest BCUT2D eigenvalue weighted by Gasteiger charge is 2.47. The van der Waals surface area contributed by atoms with Crippen LogP contribution in [-0.4, -0.2) is 67.1 Å². The van der Waals surface area contributed by atoms with Gasteiger partial charge in [0, 0.05) is 60.3 Å². The molecule has 254 valence electrons. The molecular formula is C39H39F3N4O2S. The zero-order chi connectivity index (χ0) is 34.0. The highest BCUT2D eigenvalue weighted by molar-refractivity contribution is 7.99. The molecule has 0 atom stereocenters. The first-order chi connectivity index (χ1) is 23.7. The summed E-state index contributed by atoms with van der Waals surface area (Å²) in [4.78, 5) is 35.6. The molecule has 0 unspecified atom stereocenters. The monoisotopic (exact) mass is 684 g/mol. The number of fused-ring (bicyclic) bond motifs is 3. The maximum Gasteiger partial charge on any atom is 0.405 e. The van der Waals surface area contributed by atoms with Crippen LogP contribution in [-0.2, 0) is 23.3 Å². The first-order valence-electron chi connectivity index (χ1n) is 16.9. The summed E-state index contributed by atoms with van der Waals surface area (Å²) >= 11 is 1.56. The van der Waals surface area contributed by atoms with Gasteiger partial charge in [0.05, 0.1) is 0 Å². The second-order valence-electron chi connectivity index (χ2n) is 13.1. The smallest absolute Gasteiger partial charge is 0.369 e. The van der Waals surface area contributed by atoms with Crippen molar-refractivity contribution >= 4 is 29.3 Å². The Hall–Kier alpha value is -4.28. The maximum atomic E-state index is 13.9. The van der Waals surface area contributed by atoms with E-state index < -0.39 is 24.0 Å². The molecule has 0 bridgehead atoms. The van der Waals surface area contributed by atoms with Gasteiger partial charge in [-0.1, -0.05) is 91.0 Å². The van der Waals surface area contributed by atoms with Gasteiger partial charge in [-0.2, -0.15) is 13.2 Å². The highest BCUT2D eigenvalue weighted by atomic mass is 32.2. The Morgan fingerprint density at radius 1 is 0.816 bits per heavy atom. The van der Waals surface area contributed by atoms with Crippen molar-refractivity contribution in [2.24, 2.45) is 0 Å². The lowest BCUT2D eigenvalue weighted by atomic mass is 9.69. The summed E-state index contributed by atoms with van der Waals surface area (Å²) in [6.45, 7) is 4.10. The number of hydrogen-bond acceptors (Lipinski definition) is 5. The van der Waals surface area contributed by atoms with Gasteiger partial charge in [0.15, 0.2) is 0 Å². The van der Waals surface area contributed by atoms with Crippen LogP contribution in [0.25, 0.3) is 0 Å². The quantitative estimate of drug-likeness (QED) is 0.178. The number of benzene rings is 4. The fourth-order valence-electron chi connectivity index (χ4n) is 7.47. The minimum atomic E-state index is -4.50. The molecule has 0 aliphatic carbocycles. The number of anilines is 1. The van der Waals surface area contributed by atoms with E-state index in [0.717, 1.165) is 82.4 Å². The Labute approximate surface area is 289 Å². The van der Waals surface area contributed by atoms with Crippen LogP contribution >= 0.6 is 11.8 Å². The molecular weight excluding hydrogens is 646 g/mol. The number of amides is 2. The fourth-order valence-corrected chi connectivity index (χ4v) is 8.71. The summed E-state index contributed by atoms with van der Waals surface area (Å²) in [6, 6.07) is 31.5. The van der Waals surface area contributed by atoms with Crippen molar-refractivity contribution in [3.63, 3.8) is 0 Å². The average Bonchev–Trinajstić information content (AvgIpc) is 3.42. The number of alkyl halides is 3. The first kappa shape index (κ1) is 33.2. The predicted molar refractivity (Wildman–Crippen MR) is 186 cm³/mol. The van der Waals surface area contributed by atoms with Gasteiger partial charge in [0.1, 0.15) is 12.0 Å². The van der Waals surface area contributed by atoms with Gasteiger partial charge in [-0.05, 0) is 65.9 Å². The largest absolute Gasteiger partial charge is 0.405 e. The zero-order valence-electron chi connectivity index (χ0n) is 27.2.